The first kappa shape index (κ1) is 17.1. The monoisotopic (exact) mass is 334 g/mol. The van der Waals surface area contributed by atoms with Crippen LogP contribution in [0.1, 0.15) is 43.6 Å². The molecule has 3 rings (SSSR count). The molecule has 128 valence electrons. The van der Waals surface area contributed by atoms with Crippen molar-refractivity contribution in [1.29, 1.82) is 0 Å². The van der Waals surface area contributed by atoms with Gasteiger partial charge in [-0.2, -0.15) is 10.1 Å². The number of rotatable bonds is 3. The van der Waals surface area contributed by atoms with Crippen molar-refractivity contribution in [3.8, 4) is 0 Å². The van der Waals surface area contributed by atoms with Crippen LogP contribution in [-0.2, 0) is 10.2 Å². The number of anilines is 1. The van der Waals surface area contributed by atoms with Crippen molar-refractivity contribution >= 4 is 23.1 Å². The van der Waals surface area contributed by atoms with Gasteiger partial charge >= 0.3 is 0 Å². The van der Waals surface area contributed by atoms with Crippen LogP contribution in [0.5, 0.6) is 0 Å². The fraction of sp³-hybridized carbons (Fsp3) is 0.286. The molecule has 2 aromatic rings. The Kier molecular flexibility index (Phi) is 4.29. The maximum Gasteiger partial charge on any atom is 0.264 e. The largest absolute Gasteiger partial charge is 0.293 e. The minimum atomic E-state index is -0.847. The molecule has 2 aromatic carbocycles. The number of Topliss-reactive ketones (excluding diaryl/α,β-unsaturated/α-hetero) is 1. The highest BCUT2D eigenvalue weighted by molar-refractivity contribution is 6.30. The van der Waals surface area contributed by atoms with E-state index in [9.17, 15) is 9.59 Å². The average Bonchev–Trinajstić information content (AvgIpc) is 2.89. The molecule has 25 heavy (non-hydrogen) atoms. The van der Waals surface area contributed by atoms with Gasteiger partial charge in [-0.1, -0.05) is 63.2 Å². The molecule has 1 amide bonds. The zero-order chi connectivity index (χ0) is 18.2. The normalized spacial score (nSPS) is 17.6. The first-order valence-corrected chi connectivity index (χ1v) is 8.38. The molecule has 0 aromatic heterocycles. The van der Waals surface area contributed by atoms with Gasteiger partial charge in [0.25, 0.3) is 5.91 Å². The van der Waals surface area contributed by atoms with Gasteiger partial charge < -0.3 is 0 Å². The number of hydrogen-bond acceptors (Lipinski definition) is 3. The van der Waals surface area contributed by atoms with Crippen molar-refractivity contribution in [3.05, 3.63) is 65.7 Å². The van der Waals surface area contributed by atoms with Gasteiger partial charge in [-0.3, -0.25) is 9.59 Å². The molecule has 0 aliphatic carbocycles. The molecule has 1 atom stereocenters. The summed E-state index contributed by atoms with van der Waals surface area (Å²) >= 11 is 0. The topological polar surface area (TPSA) is 49.7 Å². The second-order valence-electron chi connectivity index (χ2n) is 7.35. The van der Waals surface area contributed by atoms with E-state index >= 15 is 0 Å². The highest BCUT2D eigenvalue weighted by atomic mass is 16.2. The molecule has 0 radical (unpaired) electrons. The third-order valence-electron chi connectivity index (χ3n) is 4.43. The van der Waals surface area contributed by atoms with Gasteiger partial charge in [0, 0.05) is 5.56 Å². The van der Waals surface area contributed by atoms with E-state index in [0.29, 0.717) is 17.0 Å². The lowest BCUT2D eigenvalue weighted by molar-refractivity contribution is -0.118. The predicted octanol–water partition coefficient (Wildman–Crippen LogP) is 4.21. The molecule has 0 spiro atoms. The van der Waals surface area contributed by atoms with Crippen LogP contribution in [0.3, 0.4) is 0 Å². The van der Waals surface area contributed by atoms with Crippen molar-refractivity contribution in [2.45, 2.75) is 33.1 Å². The molecule has 1 aliphatic rings. The smallest absolute Gasteiger partial charge is 0.264 e. The van der Waals surface area contributed by atoms with Gasteiger partial charge in [0.1, 0.15) is 5.92 Å². The summed E-state index contributed by atoms with van der Waals surface area (Å²) in [7, 11) is 0. The standard InChI is InChI=1S/C21H22N2O2/c1-14-18(20(25)23(22-14)17-8-6-5-7-9-17)19(24)15-10-12-16(13-11-15)21(2,3)4/h5-13,18H,1-4H3. The van der Waals surface area contributed by atoms with Crippen LogP contribution in [0.25, 0.3) is 0 Å². The molecule has 0 saturated heterocycles. The van der Waals surface area contributed by atoms with Gasteiger partial charge in [0.05, 0.1) is 11.4 Å². The summed E-state index contributed by atoms with van der Waals surface area (Å²) in [5, 5.41) is 5.63. The van der Waals surface area contributed by atoms with Gasteiger partial charge in [0.15, 0.2) is 5.78 Å². The molecular weight excluding hydrogens is 312 g/mol. The summed E-state index contributed by atoms with van der Waals surface area (Å²) in [6.45, 7) is 8.10. The summed E-state index contributed by atoms with van der Waals surface area (Å²) in [5.41, 5.74) is 2.91. The summed E-state index contributed by atoms with van der Waals surface area (Å²) < 4.78 is 0. The van der Waals surface area contributed by atoms with Crippen molar-refractivity contribution < 1.29 is 9.59 Å². The molecule has 4 nitrogen and oxygen atoms in total. The van der Waals surface area contributed by atoms with E-state index in [4.69, 9.17) is 0 Å². The van der Waals surface area contributed by atoms with Crippen molar-refractivity contribution in [1.82, 2.24) is 0 Å². The van der Waals surface area contributed by atoms with E-state index < -0.39 is 5.92 Å². The number of ketones is 1. The zero-order valence-electron chi connectivity index (χ0n) is 15.0. The van der Waals surface area contributed by atoms with Crippen LogP contribution >= 0.6 is 0 Å². The minimum absolute atomic E-state index is 0.0201. The van der Waals surface area contributed by atoms with Crippen LogP contribution in [0.4, 0.5) is 5.69 Å². The maximum atomic E-state index is 12.9. The molecule has 1 aliphatic heterocycles. The number of hydrogen-bond donors (Lipinski definition) is 0. The Morgan fingerprint density at radius 3 is 2.16 bits per heavy atom. The average molecular weight is 334 g/mol. The molecule has 1 unspecified atom stereocenters. The number of amides is 1. The van der Waals surface area contributed by atoms with E-state index in [1.807, 2.05) is 30.3 Å². The van der Waals surface area contributed by atoms with Crippen LogP contribution in [0.15, 0.2) is 59.7 Å². The molecule has 4 heteroatoms. The fourth-order valence-corrected chi connectivity index (χ4v) is 2.92. The molecule has 0 saturated carbocycles. The Labute approximate surface area is 148 Å². The number of nitrogens with zero attached hydrogens (tertiary/aromatic N) is 2. The molecule has 1 heterocycles. The maximum absolute atomic E-state index is 12.9. The van der Waals surface area contributed by atoms with Gasteiger partial charge in [0.2, 0.25) is 0 Å². The number of hydrazone groups is 1. The summed E-state index contributed by atoms with van der Waals surface area (Å²) in [6.07, 6.45) is 0. The van der Waals surface area contributed by atoms with E-state index in [1.165, 1.54) is 5.01 Å². The van der Waals surface area contributed by atoms with E-state index in [-0.39, 0.29) is 17.1 Å². The SMILES string of the molecule is CC1=NN(c2ccccc2)C(=O)C1C(=O)c1ccc(C(C)(C)C)cc1. The summed E-state index contributed by atoms with van der Waals surface area (Å²) in [4.78, 5) is 25.6. The Morgan fingerprint density at radius 1 is 1.00 bits per heavy atom. The second kappa shape index (κ2) is 6.28. The molecule has 0 N–H and O–H groups in total. The van der Waals surface area contributed by atoms with Crippen LogP contribution < -0.4 is 5.01 Å². The van der Waals surface area contributed by atoms with Crippen molar-refractivity contribution in [2.75, 3.05) is 5.01 Å². The second-order valence-corrected chi connectivity index (χ2v) is 7.35. The third kappa shape index (κ3) is 3.25. The quantitative estimate of drug-likeness (QED) is 0.624. The van der Waals surface area contributed by atoms with E-state index in [2.05, 4.69) is 25.9 Å². The van der Waals surface area contributed by atoms with Crippen molar-refractivity contribution in [2.24, 2.45) is 11.0 Å². The first-order chi connectivity index (χ1) is 11.8. The Bertz CT molecular complexity index is 830. The van der Waals surface area contributed by atoms with Crippen LogP contribution in [-0.4, -0.2) is 17.4 Å². The molecule has 0 bridgehead atoms. The first-order valence-electron chi connectivity index (χ1n) is 8.38. The Balaban J connectivity index is 1.86. The number of benzene rings is 2. The molecular formula is C21H22N2O2. The van der Waals surface area contributed by atoms with Gasteiger partial charge in [-0.25, -0.2) is 0 Å². The number of carbonyl (C=O) groups is 2. The lowest BCUT2D eigenvalue weighted by Crippen LogP contribution is -2.32. The zero-order valence-corrected chi connectivity index (χ0v) is 15.0. The van der Waals surface area contributed by atoms with Crippen LogP contribution in [0.2, 0.25) is 0 Å². The minimum Gasteiger partial charge on any atom is -0.293 e. The van der Waals surface area contributed by atoms with E-state index in [0.717, 1.165) is 5.56 Å². The predicted molar refractivity (Wildman–Crippen MR) is 100.0 cm³/mol. The van der Waals surface area contributed by atoms with Gasteiger partial charge in [-0.15, -0.1) is 0 Å². The Hall–Kier alpha value is -2.75. The number of carbonyl (C=O) groups excluding carboxylic acids is 2. The Morgan fingerprint density at radius 2 is 1.60 bits per heavy atom. The number of para-hydroxylation sites is 1. The summed E-state index contributed by atoms with van der Waals surface area (Å²) in [6, 6.07) is 16.7. The highest BCUT2D eigenvalue weighted by Crippen LogP contribution is 2.27. The van der Waals surface area contributed by atoms with Crippen molar-refractivity contribution in [3.63, 3.8) is 0 Å². The lowest BCUT2D eigenvalue weighted by atomic mass is 9.85. The third-order valence-corrected chi connectivity index (χ3v) is 4.43. The highest BCUT2D eigenvalue weighted by Gasteiger charge is 2.39. The molecule has 0 fully saturated rings. The van der Waals surface area contributed by atoms with Gasteiger partial charge in [-0.05, 0) is 30.0 Å². The summed E-state index contributed by atoms with van der Waals surface area (Å²) in [5.74, 6) is -1.35. The fourth-order valence-electron chi connectivity index (χ4n) is 2.92. The van der Waals surface area contributed by atoms with E-state index in [1.54, 1.807) is 31.2 Å². The van der Waals surface area contributed by atoms with Crippen LogP contribution in [0, 0.1) is 5.92 Å². The lowest BCUT2D eigenvalue weighted by Gasteiger charge is -2.19.